The van der Waals surface area contributed by atoms with E-state index in [0.717, 1.165) is 12.0 Å². The van der Waals surface area contributed by atoms with Crippen molar-refractivity contribution in [2.24, 2.45) is 10.2 Å². The number of ether oxygens (including phenoxy) is 1. The molecule has 6 nitrogen and oxygen atoms in total. The largest absolute Gasteiger partial charge is 0.467 e. The van der Waals surface area contributed by atoms with E-state index >= 15 is 0 Å². The number of hydrogen-bond donors (Lipinski definition) is 0. The topological polar surface area (TPSA) is 71.3 Å². The number of methoxy groups -OCH3 is 1. The third kappa shape index (κ3) is 3.77. The van der Waals surface area contributed by atoms with Gasteiger partial charge in [-0.25, -0.2) is 4.79 Å². The molecule has 0 spiro atoms. The van der Waals surface area contributed by atoms with Gasteiger partial charge in [0, 0.05) is 38.1 Å². The van der Waals surface area contributed by atoms with Crippen LogP contribution < -0.4 is 0 Å². The zero-order chi connectivity index (χ0) is 18.6. The second-order valence-corrected chi connectivity index (χ2v) is 6.75. The minimum absolute atomic E-state index is 0.0432. The molecular formula is C20H23N3O3. The number of esters is 1. The molecule has 0 aromatic heterocycles. The maximum atomic E-state index is 12.8. The van der Waals surface area contributed by atoms with Crippen molar-refractivity contribution in [3.05, 3.63) is 35.9 Å². The van der Waals surface area contributed by atoms with Crippen LogP contribution >= 0.6 is 0 Å². The molecule has 0 N–H and O–H groups in total. The molecule has 0 bridgehead atoms. The summed E-state index contributed by atoms with van der Waals surface area (Å²) < 4.78 is 4.99. The molecule has 0 aliphatic carbocycles. The van der Waals surface area contributed by atoms with Gasteiger partial charge in [0.25, 0.3) is 0 Å². The van der Waals surface area contributed by atoms with Crippen molar-refractivity contribution < 1.29 is 14.3 Å². The number of rotatable bonds is 7. The highest BCUT2D eigenvalue weighted by Crippen LogP contribution is 2.39. The summed E-state index contributed by atoms with van der Waals surface area (Å²) >= 11 is 0. The van der Waals surface area contributed by atoms with Crippen LogP contribution in [0.15, 0.2) is 40.6 Å². The summed E-state index contributed by atoms with van der Waals surface area (Å²) in [6.07, 6.45) is 8.13. The fourth-order valence-corrected chi connectivity index (χ4v) is 3.65. The number of carbonyl (C=O) groups excluding carboxylic acids is 2. The third-order valence-corrected chi connectivity index (χ3v) is 5.18. The Morgan fingerprint density at radius 1 is 1.31 bits per heavy atom. The first-order chi connectivity index (χ1) is 12.6. The molecule has 26 heavy (non-hydrogen) atoms. The van der Waals surface area contributed by atoms with E-state index < -0.39 is 11.7 Å². The molecule has 0 saturated carbocycles. The first kappa shape index (κ1) is 18.1. The molecule has 1 amide bonds. The Bertz CT molecular complexity index is 732. The van der Waals surface area contributed by atoms with Crippen LogP contribution in [0.2, 0.25) is 0 Å². The van der Waals surface area contributed by atoms with Gasteiger partial charge in [-0.15, -0.1) is 12.3 Å². The summed E-state index contributed by atoms with van der Waals surface area (Å²) in [4.78, 5) is 26.8. The summed E-state index contributed by atoms with van der Waals surface area (Å²) in [5.41, 5.74) is 0.567. The molecule has 2 aliphatic rings. The van der Waals surface area contributed by atoms with Crippen LogP contribution in [0.25, 0.3) is 0 Å². The van der Waals surface area contributed by atoms with Crippen LogP contribution in [0.1, 0.15) is 43.6 Å². The Morgan fingerprint density at radius 3 is 2.65 bits per heavy atom. The number of benzene rings is 1. The summed E-state index contributed by atoms with van der Waals surface area (Å²) in [5, 5.41) is 8.14. The predicted molar refractivity (Wildman–Crippen MR) is 96.2 cm³/mol. The van der Waals surface area contributed by atoms with Crippen molar-refractivity contribution >= 4 is 11.9 Å². The molecule has 1 saturated heterocycles. The monoisotopic (exact) mass is 353 g/mol. The van der Waals surface area contributed by atoms with Crippen LogP contribution in [-0.4, -0.2) is 42.1 Å². The highest BCUT2D eigenvalue weighted by atomic mass is 16.5. The maximum absolute atomic E-state index is 12.8. The van der Waals surface area contributed by atoms with Gasteiger partial charge in [-0.2, -0.15) is 10.2 Å². The Balaban J connectivity index is 1.67. The van der Waals surface area contributed by atoms with Crippen LogP contribution in [0.3, 0.4) is 0 Å². The zero-order valence-corrected chi connectivity index (χ0v) is 14.9. The lowest BCUT2D eigenvalue weighted by Crippen LogP contribution is -2.43. The number of amides is 1. The molecule has 3 rings (SSSR count). The smallest absolute Gasteiger partial charge is 0.329 e. The van der Waals surface area contributed by atoms with Gasteiger partial charge in [0.05, 0.1) is 7.11 Å². The minimum atomic E-state index is -0.579. The van der Waals surface area contributed by atoms with Crippen molar-refractivity contribution in [3.8, 4) is 12.3 Å². The van der Waals surface area contributed by atoms with Gasteiger partial charge in [-0.05, 0) is 12.0 Å². The average molecular weight is 353 g/mol. The lowest BCUT2D eigenvalue weighted by molar-refractivity contribution is -0.151. The zero-order valence-electron chi connectivity index (χ0n) is 14.9. The van der Waals surface area contributed by atoms with Crippen LogP contribution in [0.4, 0.5) is 0 Å². The second kappa shape index (κ2) is 7.69. The maximum Gasteiger partial charge on any atom is 0.329 e. The second-order valence-electron chi connectivity index (χ2n) is 6.75. The van der Waals surface area contributed by atoms with Gasteiger partial charge in [0.1, 0.15) is 6.04 Å². The molecule has 1 fully saturated rings. The van der Waals surface area contributed by atoms with E-state index in [1.165, 1.54) is 7.11 Å². The first-order valence-electron chi connectivity index (χ1n) is 8.90. The van der Waals surface area contributed by atoms with E-state index in [2.05, 4.69) is 16.1 Å². The van der Waals surface area contributed by atoms with Gasteiger partial charge in [0.15, 0.2) is 5.66 Å². The summed E-state index contributed by atoms with van der Waals surface area (Å²) in [6.45, 7) is 0.545. The number of nitrogens with zero attached hydrogens (tertiary/aromatic N) is 3. The number of likely N-dealkylation sites (tertiary alicyclic amines) is 1. The highest BCUT2D eigenvalue weighted by Gasteiger charge is 2.45. The lowest BCUT2D eigenvalue weighted by atomic mass is 9.91. The van der Waals surface area contributed by atoms with Gasteiger partial charge >= 0.3 is 5.97 Å². The minimum Gasteiger partial charge on any atom is -0.467 e. The van der Waals surface area contributed by atoms with Crippen LogP contribution in [0.5, 0.6) is 0 Å². The Labute approximate surface area is 153 Å². The predicted octanol–water partition coefficient (Wildman–Crippen LogP) is 2.90. The first-order valence-corrected chi connectivity index (χ1v) is 8.90. The van der Waals surface area contributed by atoms with E-state index in [4.69, 9.17) is 11.2 Å². The van der Waals surface area contributed by atoms with E-state index in [0.29, 0.717) is 32.2 Å². The quantitative estimate of drug-likeness (QED) is 0.559. The molecule has 1 aromatic rings. The normalized spacial score (nSPS) is 22.7. The molecule has 2 heterocycles. The molecule has 2 unspecified atom stereocenters. The third-order valence-electron chi connectivity index (χ3n) is 5.18. The summed E-state index contributed by atoms with van der Waals surface area (Å²) in [7, 11) is 1.36. The van der Waals surface area contributed by atoms with Crippen LogP contribution in [0, 0.1) is 12.3 Å². The molecule has 2 atom stereocenters. The molecule has 1 aromatic carbocycles. The van der Waals surface area contributed by atoms with Crippen molar-refractivity contribution in [3.63, 3.8) is 0 Å². The molecular weight excluding hydrogens is 330 g/mol. The Hall–Kier alpha value is -2.68. The van der Waals surface area contributed by atoms with Gasteiger partial charge < -0.3 is 9.64 Å². The lowest BCUT2D eigenvalue weighted by Gasteiger charge is -2.26. The molecule has 0 radical (unpaired) electrons. The van der Waals surface area contributed by atoms with Gasteiger partial charge in [-0.3, -0.25) is 4.79 Å². The van der Waals surface area contributed by atoms with Crippen molar-refractivity contribution in [1.82, 2.24) is 4.90 Å². The van der Waals surface area contributed by atoms with Crippen molar-refractivity contribution in [2.75, 3.05) is 13.7 Å². The van der Waals surface area contributed by atoms with Gasteiger partial charge in [0.2, 0.25) is 5.91 Å². The number of terminal acetylenes is 1. The molecule has 136 valence electrons. The Kier molecular flexibility index (Phi) is 5.36. The standard InChI is InChI=1S/C20H23N3O3/c1-3-4-12-20(21-22-20)13-10-17(24)23-14-11-16(18(23)19(25)26-2)15-8-6-5-7-9-15/h1,5-9,16,18H,4,10-14H2,2H3. The van der Waals surface area contributed by atoms with Crippen LogP contribution in [-0.2, 0) is 14.3 Å². The fraction of sp³-hybridized carbons (Fsp3) is 0.500. The van der Waals surface area contributed by atoms with Gasteiger partial charge in [-0.1, -0.05) is 30.3 Å². The summed E-state index contributed by atoms with van der Waals surface area (Å²) in [5.74, 6) is 2.11. The van der Waals surface area contributed by atoms with Crippen molar-refractivity contribution in [1.29, 1.82) is 0 Å². The van der Waals surface area contributed by atoms with E-state index in [-0.39, 0.29) is 17.8 Å². The number of hydrogen-bond acceptors (Lipinski definition) is 5. The highest BCUT2D eigenvalue weighted by molar-refractivity contribution is 5.86. The van der Waals surface area contributed by atoms with Crippen molar-refractivity contribution in [2.45, 2.75) is 49.7 Å². The Morgan fingerprint density at radius 2 is 2.04 bits per heavy atom. The molecule has 6 heteroatoms. The summed E-state index contributed by atoms with van der Waals surface area (Å²) in [6, 6.07) is 9.23. The van der Waals surface area contributed by atoms with E-state index in [1.807, 2.05) is 30.3 Å². The fourth-order valence-electron chi connectivity index (χ4n) is 3.65. The molecule has 2 aliphatic heterocycles. The number of carbonyl (C=O) groups is 2. The van der Waals surface area contributed by atoms with E-state index in [1.54, 1.807) is 4.90 Å². The SMILES string of the molecule is C#CCCC1(CCC(=O)N2CCC(c3ccccc3)C2C(=O)OC)N=N1. The van der Waals surface area contributed by atoms with E-state index in [9.17, 15) is 9.59 Å². The average Bonchev–Trinajstić information content (AvgIpc) is 3.31.